The standard InChI is InChI=1S/C22H12N4S2/c1-5-13-7-3-11-23-17(13)15(9-1)19-25-21-22(27-19)26-20(28-21)16-10-2-6-14-8-4-12-24-18(14)16/h1-12H. The van der Waals surface area contributed by atoms with E-state index in [-0.39, 0.29) is 0 Å². The number of nitrogens with zero attached hydrogens (tertiary/aromatic N) is 4. The Morgan fingerprint density at radius 3 is 1.50 bits per heavy atom. The van der Waals surface area contributed by atoms with E-state index in [1.807, 2.05) is 24.5 Å². The van der Waals surface area contributed by atoms with Gasteiger partial charge < -0.3 is 0 Å². The molecule has 0 aliphatic heterocycles. The fourth-order valence-corrected chi connectivity index (χ4v) is 5.52. The van der Waals surface area contributed by atoms with Gasteiger partial charge in [0.2, 0.25) is 0 Å². The Hall–Kier alpha value is -3.22. The smallest absolute Gasteiger partial charge is 0.155 e. The van der Waals surface area contributed by atoms with Gasteiger partial charge in [-0.25, -0.2) is 9.97 Å². The summed E-state index contributed by atoms with van der Waals surface area (Å²) in [7, 11) is 0. The highest BCUT2D eigenvalue weighted by Crippen LogP contribution is 2.39. The van der Waals surface area contributed by atoms with E-state index >= 15 is 0 Å². The van der Waals surface area contributed by atoms with Crippen LogP contribution in [0.4, 0.5) is 0 Å². The molecule has 0 saturated carbocycles. The highest BCUT2D eigenvalue weighted by Gasteiger charge is 2.16. The normalized spacial score (nSPS) is 11.6. The molecule has 0 aliphatic carbocycles. The number of rotatable bonds is 2. The summed E-state index contributed by atoms with van der Waals surface area (Å²) in [6.45, 7) is 0. The first kappa shape index (κ1) is 15.8. The molecule has 4 nitrogen and oxygen atoms in total. The number of pyridine rings is 2. The first-order valence-corrected chi connectivity index (χ1v) is 10.5. The van der Waals surface area contributed by atoms with Gasteiger partial charge in [0, 0.05) is 34.3 Å². The lowest BCUT2D eigenvalue weighted by Crippen LogP contribution is -1.83. The molecule has 6 rings (SSSR count). The average Bonchev–Trinajstić information content (AvgIpc) is 3.32. The summed E-state index contributed by atoms with van der Waals surface area (Å²) in [4.78, 5) is 20.8. The molecule has 28 heavy (non-hydrogen) atoms. The molecular formula is C22H12N4S2. The predicted octanol–water partition coefficient (Wildman–Crippen LogP) is 6.18. The largest absolute Gasteiger partial charge is 0.256 e. The zero-order valence-electron chi connectivity index (χ0n) is 14.5. The highest BCUT2D eigenvalue weighted by molar-refractivity contribution is 7.29. The van der Waals surface area contributed by atoms with Gasteiger partial charge in [-0.3, -0.25) is 9.97 Å². The Kier molecular flexibility index (Phi) is 3.47. The fourth-order valence-electron chi connectivity index (χ4n) is 3.43. The Morgan fingerprint density at radius 2 is 1.00 bits per heavy atom. The second-order valence-corrected chi connectivity index (χ2v) is 8.36. The third-order valence-corrected chi connectivity index (χ3v) is 6.80. The number of thiazole rings is 2. The average molecular weight is 397 g/mol. The van der Waals surface area contributed by atoms with Crippen molar-refractivity contribution in [2.24, 2.45) is 0 Å². The Morgan fingerprint density at radius 1 is 0.536 bits per heavy atom. The number of hydrogen-bond donors (Lipinski definition) is 0. The van der Waals surface area contributed by atoms with Gasteiger partial charge in [0.05, 0.1) is 11.0 Å². The topological polar surface area (TPSA) is 51.6 Å². The van der Waals surface area contributed by atoms with E-state index in [1.54, 1.807) is 22.7 Å². The maximum atomic E-state index is 4.87. The minimum Gasteiger partial charge on any atom is -0.256 e. The minimum absolute atomic E-state index is 0.955. The van der Waals surface area contributed by atoms with E-state index in [1.165, 1.54) is 0 Å². The van der Waals surface area contributed by atoms with Gasteiger partial charge >= 0.3 is 0 Å². The molecule has 0 bridgehead atoms. The van der Waals surface area contributed by atoms with Crippen molar-refractivity contribution in [2.75, 3.05) is 0 Å². The van der Waals surface area contributed by atoms with Crippen molar-refractivity contribution in [1.82, 2.24) is 19.9 Å². The van der Waals surface area contributed by atoms with Gasteiger partial charge in [-0.1, -0.05) is 59.1 Å². The molecular weight excluding hydrogens is 384 g/mol. The summed E-state index contributed by atoms with van der Waals surface area (Å²) in [5.41, 5.74) is 4.07. The van der Waals surface area contributed by atoms with Crippen molar-refractivity contribution in [1.29, 1.82) is 0 Å². The Labute approximate surface area is 168 Å². The second-order valence-electron chi connectivity index (χ2n) is 6.41. The van der Waals surface area contributed by atoms with E-state index in [2.05, 4.69) is 58.5 Å². The summed E-state index contributed by atoms with van der Waals surface area (Å²) in [5.74, 6) is 0. The summed E-state index contributed by atoms with van der Waals surface area (Å²) in [6, 6.07) is 20.5. The van der Waals surface area contributed by atoms with Crippen LogP contribution < -0.4 is 0 Å². The second kappa shape index (κ2) is 6.15. The minimum atomic E-state index is 0.955. The van der Waals surface area contributed by atoms with Gasteiger partial charge in [0.1, 0.15) is 10.0 Å². The van der Waals surface area contributed by atoms with E-state index in [0.29, 0.717) is 0 Å². The molecule has 4 heterocycles. The van der Waals surface area contributed by atoms with Crippen LogP contribution in [0.25, 0.3) is 52.6 Å². The van der Waals surface area contributed by atoms with Crippen LogP contribution in [0.5, 0.6) is 0 Å². The van der Waals surface area contributed by atoms with Gasteiger partial charge in [0.25, 0.3) is 0 Å². The summed E-state index contributed by atoms with van der Waals surface area (Å²) in [6.07, 6.45) is 3.65. The highest BCUT2D eigenvalue weighted by atomic mass is 32.1. The zero-order chi connectivity index (χ0) is 18.5. The number of para-hydroxylation sites is 2. The van der Waals surface area contributed by atoms with Crippen LogP contribution >= 0.6 is 22.7 Å². The molecule has 0 amide bonds. The molecule has 0 spiro atoms. The third kappa shape index (κ3) is 2.42. The summed E-state index contributed by atoms with van der Waals surface area (Å²) in [5, 5.41) is 4.16. The van der Waals surface area contributed by atoms with Gasteiger partial charge in [-0.15, -0.1) is 0 Å². The molecule has 2 aromatic carbocycles. The molecule has 0 N–H and O–H groups in total. The van der Waals surface area contributed by atoms with Crippen molar-refractivity contribution in [3.63, 3.8) is 0 Å². The van der Waals surface area contributed by atoms with Gasteiger partial charge in [0.15, 0.2) is 9.66 Å². The monoisotopic (exact) mass is 396 g/mol. The number of aromatic nitrogens is 4. The van der Waals surface area contributed by atoms with Crippen LogP contribution in [0.1, 0.15) is 0 Å². The maximum Gasteiger partial charge on any atom is 0.155 e. The first-order chi connectivity index (χ1) is 13.9. The van der Waals surface area contributed by atoms with E-state index < -0.39 is 0 Å². The lowest BCUT2D eigenvalue weighted by molar-refractivity contribution is 1.40. The molecule has 0 radical (unpaired) electrons. The van der Waals surface area contributed by atoms with Crippen LogP contribution in [0, 0.1) is 0 Å². The molecule has 4 aromatic heterocycles. The molecule has 6 heteroatoms. The van der Waals surface area contributed by atoms with Crippen molar-refractivity contribution in [3.8, 4) is 21.1 Å². The molecule has 0 atom stereocenters. The predicted molar refractivity (Wildman–Crippen MR) is 117 cm³/mol. The van der Waals surface area contributed by atoms with Crippen molar-refractivity contribution >= 4 is 54.1 Å². The quantitative estimate of drug-likeness (QED) is 0.350. The number of hydrogen-bond acceptors (Lipinski definition) is 6. The molecule has 132 valence electrons. The van der Waals surface area contributed by atoms with Crippen molar-refractivity contribution in [3.05, 3.63) is 73.1 Å². The van der Waals surface area contributed by atoms with E-state index in [9.17, 15) is 0 Å². The molecule has 6 aromatic rings. The van der Waals surface area contributed by atoms with Crippen LogP contribution in [-0.2, 0) is 0 Å². The molecule has 0 aliphatic rings. The number of benzene rings is 2. The third-order valence-electron chi connectivity index (χ3n) is 4.70. The molecule has 0 fully saturated rings. The summed E-state index contributed by atoms with van der Waals surface area (Å²) >= 11 is 3.23. The van der Waals surface area contributed by atoms with Crippen LogP contribution in [0.15, 0.2) is 73.1 Å². The molecule has 0 saturated heterocycles. The Bertz CT molecular complexity index is 1330. The zero-order valence-corrected chi connectivity index (χ0v) is 16.2. The van der Waals surface area contributed by atoms with Crippen LogP contribution in [-0.4, -0.2) is 19.9 Å². The van der Waals surface area contributed by atoms with Crippen LogP contribution in [0.2, 0.25) is 0 Å². The maximum absolute atomic E-state index is 4.87. The van der Waals surface area contributed by atoms with Crippen molar-refractivity contribution < 1.29 is 0 Å². The lowest BCUT2D eigenvalue weighted by atomic mass is 10.1. The number of fused-ring (bicyclic) bond motifs is 3. The van der Waals surface area contributed by atoms with Gasteiger partial charge in [-0.2, -0.15) is 0 Å². The van der Waals surface area contributed by atoms with Gasteiger partial charge in [-0.05, 0) is 24.3 Å². The lowest BCUT2D eigenvalue weighted by Gasteiger charge is -2.02. The summed E-state index contributed by atoms with van der Waals surface area (Å²) < 4.78 is 0. The van der Waals surface area contributed by atoms with Crippen molar-refractivity contribution in [2.45, 2.75) is 0 Å². The fraction of sp³-hybridized carbons (Fsp3) is 0. The van der Waals surface area contributed by atoms with E-state index in [0.717, 1.165) is 52.6 Å². The first-order valence-electron chi connectivity index (χ1n) is 8.82. The molecule has 0 unspecified atom stereocenters. The SMILES string of the molecule is c1cnc2c(-c3nc4sc(-c5cccc6cccnc56)nc4s3)cccc2c1. The van der Waals surface area contributed by atoms with Crippen LogP contribution in [0.3, 0.4) is 0 Å². The van der Waals surface area contributed by atoms with E-state index in [4.69, 9.17) is 9.97 Å². The Balaban J connectivity index is 1.50.